The monoisotopic (exact) mass is 413 g/mol. The second-order valence-electron chi connectivity index (χ2n) is 7.76. The van der Waals surface area contributed by atoms with E-state index in [4.69, 9.17) is 4.98 Å². The Bertz CT molecular complexity index is 1140. The summed E-state index contributed by atoms with van der Waals surface area (Å²) >= 11 is 3.17. The summed E-state index contributed by atoms with van der Waals surface area (Å²) in [7, 11) is 0. The van der Waals surface area contributed by atoms with Gasteiger partial charge in [0, 0.05) is 24.4 Å². The second kappa shape index (κ2) is 6.81. The zero-order valence-corrected chi connectivity index (χ0v) is 17.8. The van der Waals surface area contributed by atoms with Gasteiger partial charge in [-0.05, 0) is 55.7 Å². The molecule has 28 heavy (non-hydrogen) atoms. The average molecular weight is 414 g/mol. The molecule has 0 N–H and O–H groups in total. The number of aromatic nitrogens is 2. The molecule has 0 unspecified atom stereocenters. The van der Waals surface area contributed by atoms with Crippen molar-refractivity contribution >= 4 is 38.8 Å². The summed E-state index contributed by atoms with van der Waals surface area (Å²) in [5.74, 6) is 0.911. The normalized spacial score (nSPS) is 19.4. The minimum Gasteiger partial charge on any atom is -0.331 e. The lowest BCUT2D eigenvalue weighted by molar-refractivity contribution is 0.0684. The van der Waals surface area contributed by atoms with Crippen LogP contribution in [0.5, 0.6) is 0 Å². The number of thiophene rings is 2. The van der Waals surface area contributed by atoms with Crippen molar-refractivity contribution in [3.8, 4) is 0 Å². The van der Waals surface area contributed by atoms with Crippen molar-refractivity contribution in [2.24, 2.45) is 0 Å². The fourth-order valence-corrected chi connectivity index (χ4v) is 6.64. The largest absolute Gasteiger partial charge is 0.331 e. The van der Waals surface area contributed by atoms with Crippen molar-refractivity contribution in [1.29, 1.82) is 0 Å². The molecular weight excluding hydrogens is 390 g/mol. The molecule has 2 aliphatic heterocycles. The van der Waals surface area contributed by atoms with Crippen LogP contribution >= 0.6 is 22.7 Å². The number of rotatable bonds is 1. The van der Waals surface area contributed by atoms with Gasteiger partial charge in [0.2, 0.25) is 0 Å². The topological polar surface area (TPSA) is 55.2 Å². The van der Waals surface area contributed by atoms with Crippen LogP contribution in [-0.4, -0.2) is 26.9 Å². The van der Waals surface area contributed by atoms with Gasteiger partial charge in [0.1, 0.15) is 10.7 Å². The molecule has 0 saturated carbocycles. The van der Waals surface area contributed by atoms with E-state index in [0.717, 1.165) is 61.4 Å². The van der Waals surface area contributed by atoms with Crippen molar-refractivity contribution < 1.29 is 4.79 Å². The summed E-state index contributed by atoms with van der Waals surface area (Å²) in [5, 5.41) is 2.75. The number of carbonyl (C=O) groups is 1. The smallest absolute Gasteiger partial charge is 0.264 e. The third-order valence-corrected chi connectivity index (χ3v) is 8.31. The first kappa shape index (κ1) is 18.1. The molecule has 3 aromatic heterocycles. The lowest BCUT2D eigenvalue weighted by atomic mass is 10.0. The lowest BCUT2D eigenvalue weighted by Crippen LogP contribution is -2.38. The van der Waals surface area contributed by atoms with Crippen molar-refractivity contribution in [3.63, 3.8) is 0 Å². The predicted molar refractivity (Wildman–Crippen MR) is 114 cm³/mol. The molecule has 5 heterocycles. The Kier molecular flexibility index (Phi) is 4.39. The van der Waals surface area contributed by atoms with E-state index in [9.17, 15) is 9.59 Å². The Morgan fingerprint density at radius 2 is 2.07 bits per heavy atom. The van der Waals surface area contributed by atoms with Crippen molar-refractivity contribution in [2.45, 2.75) is 58.5 Å². The maximum atomic E-state index is 13.4. The summed E-state index contributed by atoms with van der Waals surface area (Å²) in [6, 6.07) is 2.20. The van der Waals surface area contributed by atoms with E-state index in [1.54, 1.807) is 11.3 Å². The van der Waals surface area contributed by atoms with E-state index in [2.05, 4.69) is 18.4 Å². The van der Waals surface area contributed by atoms with Crippen LogP contribution in [-0.2, 0) is 19.4 Å². The van der Waals surface area contributed by atoms with Crippen LogP contribution in [0, 0.1) is 6.92 Å². The Balaban J connectivity index is 1.58. The summed E-state index contributed by atoms with van der Waals surface area (Å²) in [6.07, 6.45) is 4.97. The van der Waals surface area contributed by atoms with E-state index < -0.39 is 0 Å². The molecule has 0 radical (unpaired) electrons. The summed E-state index contributed by atoms with van der Waals surface area (Å²) in [4.78, 5) is 36.1. The van der Waals surface area contributed by atoms with Gasteiger partial charge in [0.05, 0.1) is 16.3 Å². The number of hydrogen-bond donors (Lipinski definition) is 0. The Morgan fingerprint density at radius 3 is 2.93 bits per heavy atom. The summed E-state index contributed by atoms with van der Waals surface area (Å²) in [6.45, 7) is 5.47. The highest BCUT2D eigenvalue weighted by Gasteiger charge is 2.32. The molecule has 0 saturated heterocycles. The van der Waals surface area contributed by atoms with E-state index in [1.165, 1.54) is 21.8 Å². The van der Waals surface area contributed by atoms with Crippen LogP contribution in [0.1, 0.15) is 63.7 Å². The molecule has 7 heteroatoms. The lowest BCUT2D eigenvalue weighted by Gasteiger charge is -2.33. The first-order chi connectivity index (χ1) is 13.6. The number of hydrogen-bond acceptors (Lipinski definition) is 5. The molecule has 1 amide bonds. The second-order valence-corrected chi connectivity index (χ2v) is 9.76. The molecule has 0 aromatic carbocycles. The molecule has 0 fully saturated rings. The molecule has 146 valence electrons. The molecule has 0 bridgehead atoms. The van der Waals surface area contributed by atoms with Crippen LogP contribution in [0.4, 0.5) is 0 Å². The minimum absolute atomic E-state index is 0.0292. The average Bonchev–Trinajstić information content (AvgIpc) is 3.20. The van der Waals surface area contributed by atoms with Gasteiger partial charge in [-0.25, -0.2) is 4.98 Å². The van der Waals surface area contributed by atoms with Gasteiger partial charge in [0.15, 0.2) is 0 Å². The standard InChI is InChI=1S/C21H23N3O2S2/c1-12-17-19(22-16-6-4-3-5-9-24(16)20(17)25)28-18(12)21(26)23-10-7-15-14(13(23)2)8-11-27-15/h8,11,13H,3-7,9-10H2,1-2H3/t13-/m0/s1. The van der Waals surface area contributed by atoms with Gasteiger partial charge >= 0.3 is 0 Å². The third-order valence-electron chi connectivity index (χ3n) is 6.14. The molecule has 0 spiro atoms. The highest BCUT2D eigenvalue weighted by molar-refractivity contribution is 7.20. The molecule has 0 aliphatic carbocycles. The zero-order chi connectivity index (χ0) is 19.4. The maximum absolute atomic E-state index is 13.4. The quantitative estimate of drug-likeness (QED) is 0.597. The number of amides is 1. The Morgan fingerprint density at radius 1 is 1.21 bits per heavy atom. The fourth-order valence-electron chi connectivity index (χ4n) is 4.53. The van der Waals surface area contributed by atoms with Crippen LogP contribution in [0.25, 0.3) is 10.2 Å². The molecular formula is C21H23N3O2S2. The van der Waals surface area contributed by atoms with Crippen molar-refractivity contribution in [1.82, 2.24) is 14.5 Å². The summed E-state index contributed by atoms with van der Waals surface area (Å²) in [5.41, 5.74) is 2.08. The van der Waals surface area contributed by atoms with Crippen molar-refractivity contribution in [2.75, 3.05) is 6.54 Å². The van der Waals surface area contributed by atoms with E-state index in [1.807, 2.05) is 16.4 Å². The Labute approximate surface area is 171 Å². The van der Waals surface area contributed by atoms with Gasteiger partial charge in [-0.15, -0.1) is 22.7 Å². The first-order valence-corrected chi connectivity index (χ1v) is 11.7. The molecule has 2 aliphatic rings. The molecule has 5 rings (SSSR count). The zero-order valence-electron chi connectivity index (χ0n) is 16.2. The van der Waals surface area contributed by atoms with Gasteiger partial charge < -0.3 is 4.90 Å². The van der Waals surface area contributed by atoms with Gasteiger partial charge in [-0.1, -0.05) is 6.42 Å². The van der Waals surface area contributed by atoms with Gasteiger partial charge in [0.25, 0.3) is 11.5 Å². The highest BCUT2D eigenvalue weighted by atomic mass is 32.1. The van der Waals surface area contributed by atoms with E-state index in [0.29, 0.717) is 10.3 Å². The molecule has 3 aromatic rings. The summed E-state index contributed by atoms with van der Waals surface area (Å²) < 4.78 is 1.84. The number of nitrogens with zero attached hydrogens (tertiary/aromatic N) is 3. The first-order valence-electron chi connectivity index (χ1n) is 9.96. The third kappa shape index (κ3) is 2.67. The van der Waals surface area contributed by atoms with Crippen LogP contribution in [0.3, 0.4) is 0 Å². The Hall–Kier alpha value is -1.99. The number of aryl methyl sites for hydroxylation is 2. The highest BCUT2D eigenvalue weighted by Crippen LogP contribution is 2.36. The molecule has 5 nitrogen and oxygen atoms in total. The van der Waals surface area contributed by atoms with Crippen LogP contribution in [0.2, 0.25) is 0 Å². The van der Waals surface area contributed by atoms with Crippen LogP contribution in [0.15, 0.2) is 16.2 Å². The van der Waals surface area contributed by atoms with Crippen molar-refractivity contribution in [3.05, 3.63) is 48.5 Å². The van der Waals surface area contributed by atoms with Gasteiger partial charge in [-0.3, -0.25) is 14.2 Å². The van der Waals surface area contributed by atoms with E-state index in [-0.39, 0.29) is 17.5 Å². The number of fused-ring (bicyclic) bond motifs is 3. The van der Waals surface area contributed by atoms with Crippen LogP contribution < -0.4 is 5.56 Å². The maximum Gasteiger partial charge on any atom is 0.264 e. The SMILES string of the molecule is Cc1c(C(=O)N2CCc3sccc3[C@@H]2C)sc2nc3n(c(=O)c12)CCCCC3. The molecule has 1 atom stereocenters. The number of carbonyl (C=O) groups excluding carboxylic acids is 1. The van der Waals surface area contributed by atoms with E-state index >= 15 is 0 Å². The van der Waals surface area contributed by atoms with Gasteiger partial charge in [-0.2, -0.15) is 0 Å². The predicted octanol–water partition coefficient (Wildman–Crippen LogP) is 4.31. The minimum atomic E-state index is 0.0292. The fraction of sp³-hybridized carbons (Fsp3) is 0.476.